The number of allylic oxidation sites excluding steroid dienone is 9. The van der Waals surface area contributed by atoms with Crippen molar-refractivity contribution in [3.63, 3.8) is 0 Å². The van der Waals surface area contributed by atoms with Gasteiger partial charge in [0.2, 0.25) is 0 Å². The molecule has 0 heteroatoms. The molecular formula is C20H32. The van der Waals surface area contributed by atoms with Gasteiger partial charge in [-0.2, -0.15) is 0 Å². The van der Waals surface area contributed by atoms with Crippen molar-refractivity contribution in [2.75, 3.05) is 0 Å². The van der Waals surface area contributed by atoms with E-state index in [1.54, 1.807) is 0 Å². The molecule has 0 aliphatic heterocycles. The van der Waals surface area contributed by atoms with Crippen LogP contribution in [0.1, 0.15) is 66.7 Å². The summed E-state index contributed by atoms with van der Waals surface area (Å²) in [7, 11) is 0. The summed E-state index contributed by atoms with van der Waals surface area (Å²) in [5.41, 5.74) is 5.66. The molecule has 0 fully saturated rings. The average Bonchev–Trinajstić information content (AvgIpc) is 2.38. The molecule has 0 spiro atoms. The van der Waals surface area contributed by atoms with Crippen LogP contribution in [0.25, 0.3) is 0 Å². The van der Waals surface area contributed by atoms with E-state index in [1.165, 1.54) is 41.6 Å². The van der Waals surface area contributed by atoms with Crippen molar-refractivity contribution in [2.45, 2.75) is 66.7 Å². The van der Waals surface area contributed by atoms with Crippen LogP contribution in [0, 0.1) is 0 Å². The first kappa shape index (κ1) is 18.7. The van der Waals surface area contributed by atoms with Crippen molar-refractivity contribution in [1.29, 1.82) is 0 Å². The number of hydrogen-bond acceptors (Lipinski definition) is 0. The van der Waals surface area contributed by atoms with E-state index in [1.807, 2.05) is 6.08 Å². The molecule has 0 heterocycles. The van der Waals surface area contributed by atoms with Crippen LogP contribution in [0.15, 0.2) is 59.3 Å². The fourth-order valence-corrected chi connectivity index (χ4v) is 1.87. The van der Waals surface area contributed by atoms with Gasteiger partial charge < -0.3 is 0 Å². The Hall–Kier alpha value is -1.30. The third-order valence-corrected chi connectivity index (χ3v) is 3.35. The summed E-state index contributed by atoms with van der Waals surface area (Å²) in [5.74, 6) is 0. The SMILES string of the molecule is C=CC(C)=CC/C=C(\C)CC/C=C(\C)CCC=C(C)C. The smallest absolute Gasteiger partial charge is 0.0161 e. The Kier molecular flexibility index (Phi) is 10.8. The van der Waals surface area contributed by atoms with Gasteiger partial charge >= 0.3 is 0 Å². The second kappa shape index (κ2) is 11.5. The third kappa shape index (κ3) is 11.8. The predicted molar refractivity (Wildman–Crippen MR) is 94.0 cm³/mol. The fourth-order valence-electron chi connectivity index (χ4n) is 1.87. The van der Waals surface area contributed by atoms with E-state index >= 15 is 0 Å². The van der Waals surface area contributed by atoms with Crippen molar-refractivity contribution < 1.29 is 0 Å². The molecule has 0 radical (unpaired) electrons. The maximum absolute atomic E-state index is 3.76. The molecule has 0 amide bonds. The second-order valence-electron chi connectivity index (χ2n) is 5.85. The Morgan fingerprint density at radius 2 is 1.30 bits per heavy atom. The molecule has 0 bridgehead atoms. The lowest BCUT2D eigenvalue weighted by atomic mass is 10.1. The lowest BCUT2D eigenvalue weighted by Crippen LogP contribution is -1.80. The minimum atomic E-state index is 1.02. The van der Waals surface area contributed by atoms with Crippen LogP contribution in [0.2, 0.25) is 0 Å². The topological polar surface area (TPSA) is 0 Å². The molecule has 0 aromatic carbocycles. The first-order chi connectivity index (χ1) is 9.45. The summed E-state index contributed by atoms with van der Waals surface area (Å²) in [6.07, 6.45) is 16.9. The van der Waals surface area contributed by atoms with E-state index in [9.17, 15) is 0 Å². The zero-order valence-corrected chi connectivity index (χ0v) is 14.1. The molecule has 0 saturated carbocycles. The van der Waals surface area contributed by atoms with Gasteiger partial charge in [-0.15, -0.1) is 0 Å². The molecule has 0 aromatic rings. The van der Waals surface area contributed by atoms with Crippen LogP contribution >= 0.6 is 0 Å². The minimum Gasteiger partial charge on any atom is -0.0988 e. The zero-order chi connectivity index (χ0) is 15.4. The van der Waals surface area contributed by atoms with E-state index < -0.39 is 0 Å². The highest BCUT2D eigenvalue weighted by molar-refractivity contribution is 5.15. The molecule has 112 valence electrons. The maximum atomic E-state index is 3.76. The Balaban J connectivity index is 3.99. The van der Waals surface area contributed by atoms with E-state index in [0.29, 0.717) is 0 Å². The lowest BCUT2D eigenvalue weighted by Gasteiger charge is -2.01. The average molecular weight is 272 g/mol. The van der Waals surface area contributed by atoms with Crippen LogP contribution in [0.3, 0.4) is 0 Å². The van der Waals surface area contributed by atoms with Crippen LogP contribution in [-0.4, -0.2) is 0 Å². The largest absolute Gasteiger partial charge is 0.0988 e. The molecule has 0 atom stereocenters. The van der Waals surface area contributed by atoms with Crippen LogP contribution in [-0.2, 0) is 0 Å². The molecule has 0 aliphatic carbocycles. The van der Waals surface area contributed by atoms with Crippen LogP contribution < -0.4 is 0 Å². The molecule has 0 nitrogen and oxygen atoms in total. The third-order valence-electron chi connectivity index (χ3n) is 3.35. The highest BCUT2D eigenvalue weighted by Gasteiger charge is 1.91. The minimum absolute atomic E-state index is 1.02. The lowest BCUT2D eigenvalue weighted by molar-refractivity contribution is 0.915. The highest BCUT2D eigenvalue weighted by atomic mass is 14.0. The van der Waals surface area contributed by atoms with Gasteiger partial charge in [0.15, 0.2) is 0 Å². The fraction of sp³-hybridized carbons (Fsp3) is 0.500. The van der Waals surface area contributed by atoms with Crippen molar-refractivity contribution in [1.82, 2.24) is 0 Å². The van der Waals surface area contributed by atoms with Gasteiger partial charge in [0.1, 0.15) is 0 Å². The standard InChI is InChI=1S/C20H32/c1-7-18(4)12-9-14-20(6)16-10-15-19(5)13-8-11-17(2)3/h7,11-12,14-15H,1,8-10,13,16H2,2-6H3/b18-12?,19-15+,20-14+. The molecule has 0 N–H and O–H groups in total. The summed E-state index contributed by atoms with van der Waals surface area (Å²) in [5, 5.41) is 0. The van der Waals surface area contributed by atoms with E-state index in [2.05, 4.69) is 65.5 Å². The quantitative estimate of drug-likeness (QED) is 0.315. The van der Waals surface area contributed by atoms with E-state index in [0.717, 1.165) is 12.8 Å². The molecule has 0 unspecified atom stereocenters. The van der Waals surface area contributed by atoms with Gasteiger partial charge in [0, 0.05) is 0 Å². The summed E-state index contributed by atoms with van der Waals surface area (Å²) in [6, 6.07) is 0. The van der Waals surface area contributed by atoms with Crippen LogP contribution in [0.5, 0.6) is 0 Å². The molecule has 0 aliphatic rings. The van der Waals surface area contributed by atoms with Crippen molar-refractivity contribution in [3.05, 3.63) is 59.3 Å². The van der Waals surface area contributed by atoms with Crippen molar-refractivity contribution in [2.24, 2.45) is 0 Å². The summed E-state index contributed by atoms with van der Waals surface area (Å²) >= 11 is 0. The molecule has 0 rings (SSSR count). The summed E-state index contributed by atoms with van der Waals surface area (Å²) in [4.78, 5) is 0. The molecule has 20 heavy (non-hydrogen) atoms. The first-order valence-corrected chi connectivity index (χ1v) is 7.69. The van der Waals surface area contributed by atoms with Gasteiger partial charge in [-0.05, 0) is 66.7 Å². The van der Waals surface area contributed by atoms with E-state index in [4.69, 9.17) is 0 Å². The second-order valence-corrected chi connectivity index (χ2v) is 5.85. The Bertz CT molecular complexity index is 396. The normalized spacial score (nSPS) is 13.3. The Morgan fingerprint density at radius 3 is 1.85 bits per heavy atom. The maximum Gasteiger partial charge on any atom is -0.0161 e. The van der Waals surface area contributed by atoms with Gasteiger partial charge in [-0.25, -0.2) is 0 Å². The van der Waals surface area contributed by atoms with E-state index in [-0.39, 0.29) is 0 Å². The Labute approximate surface area is 126 Å². The predicted octanol–water partition coefficient (Wildman–Crippen LogP) is 6.93. The van der Waals surface area contributed by atoms with Gasteiger partial charge in [0.05, 0.1) is 0 Å². The molecule has 0 aromatic heterocycles. The summed E-state index contributed by atoms with van der Waals surface area (Å²) < 4.78 is 0. The van der Waals surface area contributed by atoms with Crippen molar-refractivity contribution in [3.8, 4) is 0 Å². The first-order valence-electron chi connectivity index (χ1n) is 7.69. The van der Waals surface area contributed by atoms with Crippen LogP contribution in [0.4, 0.5) is 0 Å². The van der Waals surface area contributed by atoms with Gasteiger partial charge in [0.25, 0.3) is 0 Å². The van der Waals surface area contributed by atoms with Gasteiger partial charge in [-0.1, -0.05) is 59.3 Å². The number of rotatable bonds is 9. The highest BCUT2D eigenvalue weighted by Crippen LogP contribution is 2.12. The molecule has 0 saturated heterocycles. The zero-order valence-electron chi connectivity index (χ0n) is 14.1. The summed E-state index contributed by atoms with van der Waals surface area (Å²) in [6.45, 7) is 14.6. The number of hydrogen-bond donors (Lipinski definition) is 0. The molecular weight excluding hydrogens is 240 g/mol. The Morgan fingerprint density at radius 1 is 0.750 bits per heavy atom. The van der Waals surface area contributed by atoms with Gasteiger partial charge in [-0.3, -0.25) is 0 Å². The van der Waals surface area contributed by atoms with Crippen molar-refractivity contribution >= 4 is 0 Å². The monoisotopic (exact) mass is 272 g/mol.